The summed E-state index contributed by atoms with van der Waals surface area (Å²) < 4.78 is 1.92. The molecule has 3 aromatic rings. The van der Waals surface area contributed by atoms with Crippen molar-refractivity contribution >= 4 is 28.7 Å². The molecule has 0 aliphatic rings. The summed E-state index contributed by atoms with van der Waals surface area (Å²) in [5, 5.41) is 19.3. The maximum atomic E-state index is 12.5. The first-order valence-electron chi connectivity index (χ1n) is 9.03. The number of rotatable bonds is 6. The van der Waals surface area contributed by atoms with E-state index in [4.69, 9.17) is 11.1 Å². The van der Waals surface area contributed by atoms with E-state index in [1.807, 2.05) is 29.8 Å². The first-order valence-corrected chi connectivity index (χ1v) is 9.03. The number of aromatic nitrogens is 2. The number of carboxylic acid groups (broad SMARTS) is 1. The minimum Gasteiger partial charge on any atom is -0.481 e. The fourth-order valence-electron chi connectivity index (χ4n) is 2.88. The normalized spacial score (nSPS) is 11.4. The molecule has 0 aliphatic carbocycles. The summed E-state index contributed by atoms with van der Waals surface area (Å²) in [6, 6.07) is 12.4. The van der Waals surface area contributed by atoms with Gasteiger partial charge in [0, 0.05) is 30.3 Å². The van der Waals surface area contributed by atoms with Crippen molar-refractivity contribution < 1.29 is 14.7 Å². The zero-order valence-electron chi connectivity index (χ0n) is 16.5. The second kappa shape index (κ2) is 7.38. The summed E-state index contributed by atoms with van der Waals surface area (Å²) in [7, 11) is 1.89. The van der Waals surface area contributed by atoms with Crippen LogP contribution in [0.5, 0.6) is 0 Å². The first-order chi connectivity index (χ1) is 13.6. The van der Waals surface area contributed by atoms with Gasteiger partial charge in [-0.15, -0.1) is 0 Å². The molecule has 0 unspecified atom stereocenters. The predicted octanol–water partition coefficient (Wildman–Crippen LogP) is 2.36. The van der Waals surface area contributed by atoms with E-state index in [1.54, 1.807) is 38.1 Å². The van der Waals surface area contributed by atoms with Crippen molar-refractivity contribution in [1.29, 1.82) is 5.41 Å². The van der Waals surface area contributed by atoms with Crippen molar-refractivity contribution in [3.05, 3.63) is 53.6 Å². The molecular weight excluding hydrogens is 370 g/mol. The highest BCUT2D eigenvalue weighted by Crippen LogP contribution is 2.25. The number of nitrogens with one attached hydrogen (secondary N) is 2. The van der Waals surface area contributed by atoms with Crippen molar-refractivity contribution in [2.75, 3.05) is 6.54 Å². The Morgan fingerprint density at radius 1 is 1.17 bits per heavy atom. The maximum absolute atomic E-state index is 12.5. The van der Waals surface area contributed by atoms with Crippen LogP contribution in [0.25, 0.3) is 22.4 Å². The van der Waals surface area contributed by atoms with Gasteiger partial charge in [0.2, 0.25) is 0 Å². The Balaban J connectivity index is 1.88. The highest BCUT2D eigenvalue weighted by molar-refractivity contribution is 5.98. The molecule has 8 heteroatoms. The molecule has 1 aromatic heterocycles. The van der Waals surface area contributed by atoms with Crippen LogP contribution in [-0.2, 0) is 11.8 Å². The highest BCUT2D eigenvalue weighted by Gasteiger charge is 2.27. The van der Waals surface area contributed by atoms with Crippen molar-refractivity contribution in [2.24, 2.45) is 18.2 Å². The summed E-state index contributed by atoms with van der Waals surface area (Å²) in [6.07, 6.45) is 0. The van der Waals surface area contributed by atoms with Gasteiger partial charge in [-0.1, -0.05) is 24.3 Å². The van der Waals surface area contributed by atoms with E-state index in [9.17, 15) is 14.7 Å². The number of aliphatic carboxylic acids is 1. The number of hydrogen-bond donors (Lipinski definition) is 4. The fraction of sp³-hybridized carbons (Fsp3) is 0.238. The smallest absolute Gasteiger partial charge is 0.310 e. The molecule has 150 valence electrons. The van der Waals surface area contributed by atoms with Crippen LogP contribution in [0, 0.1) is 10.8 Å². The zero-order valence-corrected chi connectivity index (χ0v) is 16.5. The van der Waals surface area contributed by atoms with Crippen molar-refractivity contribution in [1.82, 2.24) is 14.9 Å². The second-order valence-corrected chi connectivity index (χ2v) is 7.56. The lowest BCUT2D eigenvalue weighted by atomic mass is 9.94. The van der Waals surface area contributed by atoms with Gasteiger partial charge in [0.05, 0.1) is 16.4 Å². The van der Waals surface area contributed by atoms with E-state index >= 15 is 0 Å². The lowest BCUT2D eigenvalue weighted by Gasteiger charge is -2.19. The number of nitrogens with two attached hydrogens (primary N) is 1. The lowest BCUT2D eigenvalue weighted by molar-refractivity contribution is -0.146. The molecule has 0 radical (unpaired) electrons. The van der Waals surface area contributed by atoms with E-state index in [1.165, 1.54) is 0 Å². The molecule has 3 rings (SSSR count). The third kappa shape index (κ3) is 3.96. The van der Waals surface area contributed by atoms with Crippen molar-refractivity contribution in [3.63, 3.8) is 0 Å². The first kappa shape index (κ1) is 20.1. The number of carboxylic acids is 1. The molecule has 0 spiro atoms. The monoisotopic (exact) mass is 393 g/mol. The summed E-state index contributed by atoms with van der Waals surface area (Å²) in [5.74, 6) is -0.597. The van der Waals surface area contributed by atoms with Crippen LogP contribution in [0.15, 0.2) is 42.5 Å². The number of fused-ring (bicyclic) bond motifs is 1. The zero-order chi connectivity index (χ0) is 21.3. The van der Waals surface area contributed by atoms with Crippen molar-refractivity contribution in [3.8, 4) is 11.4 Å². The van der Waals surface area contributed by atoms with Gasteiger partial charge in [-0.05, 0) is 32.0 Å². The molecule has 2 aromatic carbocycles. The summed E-state index contributed by atoms with van der Waals surface area (Å²) >= 11 is 0. The molecule has 0 bridgehead atoms. The largest absolute Gasteiger partial charge is 0.481 e. The number of imidazole rings is 1. The minimum absolute atomic E-state index is 0.00304. The van der Waals surface area contributed by atoms with Gasteiger partial charge in [0.1, 0.15) is 11.7 Å². The molecule has 1 amide bonds. The predicted molar refractivity (Wildman–Crippen MR) is 111 cm³/mol. The van der Waals surface area contributed by atoms with Crippen LogP contribution >= 0.6 is 0 Å². The Hall–Kier alpha value is -3.68. The molecule has 5 N–H and O–H groups in total. The second-order valence-electron chi connectivity index (χ2n) is 7.56. The van der Waals surface area contributed by atoms with E-state index in [2.05, 4.69) is 10.3 Å². The number of hydrogen-bond acceptors (Lipinski definition) is 4. The van der Waals surface area contributed by atoms with Crippen LogP contribution in [-0.4, -0.2) is 38.9 Å². The van der Waals surface area contributed by atoms with Gasteiger partial charge in [-0.3, -0.25) is 15.0 Å². The Morgan fingerprint density at radius 2 is 1.79 bits per heavy atom. The molecular formula is C21H23N5O3. The summed E-state index contributed by atoms with van der Waals surface area (Å²) in [4.78, 5) is 28.3. The van der Waals surface area contributed by atoms with Gasteiger partial charge < -0.3 is 20.7 Å². The number of carbonyl (C=O) groups excluding carboxylic acids is 1. The topological polar surface area (TPSA) is 134 Å². The molecule has 0 aliphatic heterocycles. The molecule has 1 heterocycles. The minimum atomic E-state index is -1.05. The number of aryl methyl sites for hydroxylation is 1. The molecule has 8 nitrogen and oxygen atoms in total. The van der Waals surface area contributed by atoms with E-state index < -0.39 is 11.4 Å². The molecule has 0 saturated carbocycles. The average Bonchev–Trinajstić information content (AvgIpc) is 3.02. The summed E-state index contributed by atoms with van der Waals surface area (Å²) in [5.41, 5.74) is 7.87. The van der Waals surface area contributed by atoms with E-state index in [0.29, 0.717) is 16.6 Å². The summed E-state index contributed by atoms with van der Waals surface area (Å²) in [6.45, 7) is 3.14. The number of nitrogen functional groups attached to an aromatic ring is 1. The maximum Gasteiger partial charge on any atom is 0.310 e. The SMILES string of the molecule is Cn1c(-c2ccc(C(=N)N)cc2)nc2cc(C(=O)NCC(C)(C)C(=O)O)ccc21. The molecule has 0 saturated heterocycles. The van der Waals surface area contributed by atoms with Gasteiger partial charge in [0.25, 0.3) is 5.91 Å². The van der Waals surface area contributed by atoms with Gasteiger partial charge in [0.15, 0.2) is 0 Å². The van der Waals surface area contributed by atoms with Crippen LogP contribution < -0.4 is 11.1 Å². The van der Waals surface area contributed by atoms with Crippen LogP contribution in [0.3, 0.4) is 0 Å². The average molecular weight is 393 g/mol. The van der Waals surface area contributed by atoms with Crippen LogP contribution in [0.4, 0.5) is 0 Å². The Bertz CT molecular complexity index is 1110. The quantitative estimate of drug-likeness (QED) is 0.377. The van der Waals surface area contributed by atoms with Gasteiger partial charge >= 0.3 is 5.97 Å². The fourth-order valence-corrected chi connectivity index (χ4v) is 2.88. The lowest BCUT2D eigenvalue weighted by Crippen LogP contribution is -2.38. The Kier molecular flexibility index (Phi) is 5.11. The molecule has 0 atom stereocenters. The van der Waals surface area contributed by atoms with Gasteiger partial charge in [-0.25, -0.2) is 4.98 Å². The number of amides is 1. The number of amidine groups is 1. The number of benzene rings is 2. The Labute approximate surface area is 167 Å². The standard InChI is InChI=1S/C21H23N5O3/c1-21(2,20(28)29)11-24-19(27)14-8-9-16-15(10-14)25-18(26(16)3)13-6-4-12(5-7-13)17(22)23/h4-10H,11H2,1-3H3,(H3,22,23)(H,24,27)(H,28,29). The van der Waals surface area contributed by atoms with Crippen LogP contribution in [0.1, 0.15) is 29.8 Å². The molecule has 0 fully saturated rings. The van der Waals surface area contributed by atoms with E-state index in [-0.39, 0.29) is 18.3 Å². The van der Waals surface area contributed by atoms with Crippen LogP contribution in [0.2, 0.25) is 0 Å². The third-order valence-corrected chi connectivity index (χ3v) is 4.87. The number of carbonyl (C=O) groups is 2. The van der Waals surface area contributed by atoms with E-state index in [0.717, 1.165) is 16.9 Å². The Morgan fingerprint density at radius 3 is 2.38 bits per heavy atom. The van der Waals surface area contributed by atoms with Gasteiger partial charge in [-0.2, -0.15) is 0 Å². The highest BCUT2D eigenvalue weighted by atomic mass is 16.4. The third-order valence-electron chi connectivity index (χ3n) is 4.87. The molecule has 29 heavy (non-hydrogen) atoms. The van der Waals surface area contributed by atoms with Crippen molar-refractivity contribution in [2.45, 2.75) is 13.8 Å². The number of nitrogens with zero attached hydrogens (tertiary/aromatic N) is 2.